The zero-order chi connectivity index (χ0) is 16.9. The Morgan fingerprint density at radius 3 is 2.33 bits per heavy atom. The molecule has 0 aliphatic heterocycles. The summed E-state index contributed by atoms with van der Waals surface area (Å²) in [4.78, 5) is 15.3. The van der Waals surface area contributed by atoms with Crippen LogP contribution in [0.2, 0.25) is 0 Å². The minimum Gasteiger partial charge on any atom is -0.497 e. The Labute approximate surface area is 141 Å². The summed E-state index contributed by atoms with van der Waals surface area (Å²) in [5.74, 6) is 0.437. The van der Waals surface area contributed by atoms with Crippen LogP contribution >= 0.6 is 0 Å². The van der Waals surface area contributed by atoms with Crippen LogP contribution in [-0.2, 0) is 4.74 Å². The molecule has 24 heavy (non-hydrogen) atoms. The molecule has 3 aromatic rings. The van der Waals surface area contributed by atoms with Crippen LogP contribution in [-0.4, -0.2) is 24.7 Å². The molecular weight excluding hydrogens is 302 g/mol. The van der Waals surface area contributed by atoms with Crippen molar-refractivity contribution in [2.75, 3.05) is 13.7 Å². The van der Waals surface area contributed by atoms with E-state index in [4.69, 9.17) is 9.47 Å². The highest BCUT2D eigenvalue weighted by atomic mass is 16.5. The number of aromatic amines is 1. The molecule has 4 nitrogen and oxygen atoms in total. The third-order valence-corrected chi connectivity index (χ3v) is 3.78. The van der Waals surface area contributed by atoms with Crippen molar-refractivity contribution in [3.63, 3.8) is 0 Å². The summed E-state index contributed by atoms with van der Waals surface area (Å²) in [6.07, 6.45) is 0. The van der Waals surface area contributed by atoms with Gasteiger partial charge in [0.1, 0.15) is 11.4 Å². The Bertz CT molecular complexity index is 820. The monoisotopic (exact) mass is 321 g/mol. The summed E-state index contributed by atoms with van der Waals surface area (Å²) in [6, 6.07) is 19.5. The number of benzene rings is 2. The summed E-state index contributed by atoms with van der Waals surface area (Å²) in [7, 11) is 1.64. The molecule has 0 amide bonds. The maximum absolute atomic E-state index is 12.1. The Hall–Kier alpha value is -3.01. The van der Waals surface area contributed by atoms with Gasteiger partial charge in [-0.15, -0.1) is 0 Å². The number of H-pyrrole nitrogens is 1. The first-order valence-electron chi connectivity index (χ1n) is 7.83. The fourth-order valence-corrected chi connectivity index (χ4v) is 2.60. The van der Waals surface area contributed by atoms with Crippen molar-refractivity contribution < 1.29 is 14.3 Å². The van der Waals surface area contributed by atoms with Crippen molar-refractivity contribution in [3.05, 3.63) is 66.4 Å². The summed E-state index contributed by atoms with van der Waals surface area (Å²) in [5, 5.41) is 0. The minimum atomic E-state index is -0.352. The predicted octanol–water partition coefficient (Wildman–Crippen LogP) is 4.53. The van der Waals surface area contributed by atoms with Crippen molar-refractivity contribution in [3.8, 4) is 28.1 Å². The number of hydrogen-bond donors (Lipinski definition) is 1. The van der Waals surface area contributed by atoms with E-state index in [1.54, 1.807) is 14.0 Å². The Balaban J connectivity index is 2.09. The van der Waals surface area contributed by atoms with Gasteiger partial charge in [-0.1, -0.05) is 30.3 Å². The zero-order valence-electron chi connectivity index (χ0n) is 13.7. The topological polar surface area (TPSA) is 51.3 Å². The lowest BCUT2D eigenvalue weighted by Crippen LogP contribution is -2.04. The number of carbonyl (C=O) groups is 1. The molecule has 0 saturated heterocycles. The molecular formula is C20H19NO3. The second-order valence-electron chi connectivity index (χ2n) is 5.29. The molecule has 0 spiro atoms. The average Bonchev–Trinajstić information content (AvgIpc) is 3.08. The summed E-state index contributed by atoms with van der Waals surface area (Å²) in [5.41, 5.74) is 4.30. The molecule has 0 aliphatic rings. The van der Waals surface area contributed by atoms with Crippen molar-refractivity contribution in [1.82, 2.24) is 4.98 Å². The Morgan fingerprint density at radius 2 is 1.71 bits per heavy atom. The van der Waals surface area contributed by atoms with Crippen LogP contribution in [0.1, 0.15) is 17.4 Å². The van der Waals surface area contributed by atoms with Crippen LogP contribution in [0.3, 0.4) is 0 Å². The van der Waals surface area contributed by atoms with E-state index in [2.05, 4.69) is 4.98 Å². The number of hydrogen-bond acceptors (Lipinski definition) is 3. The van der Waals surface area contributed by atoms with Gasteiger partial charge in [0.2, 0.25) is 0 Å². The minimum absolute atomic E-state index is 0.344. The second kappa shape index (κ2) is 7.04. The third kappa shape index (κ3) is 3.18. The SMILES string of the molecule is CCOC(=O)c1cc(-c2ccccc2)c(-c2ccc(OC)cc2)[nH]1. The fourth-order valence-electron chi connectivity index (χ4n) is 2.60. The van der Waals surface area contributed by atoms with E-state index in [9.17, 15) is 4.79 Å². The number of carbonyl (C=O) groups excluding carboxylic acids is 1. The van der Waals surface area contributed by atoms with Gasteiger partial charge in [-0.3, -0.25) is 0 Å². The Kier molecular flexibility index (Phi) is 4.66. The first-order valence-corrected chi connectivity index (χ1v) is 7.83. The van der Waals surface area contributed by atoms with Crippen LogP contribution in [0.15, 0.2) is 60.7 Å². The largest absolute Gasteiger partial charge is 0.497 e. The van der Waals surface area contributed by atoms with Gasteiger partial charge < -0.3 is 14.5 Å². The lowest BCUT2D eigenvalue weighted by molar-refractivity contribution is 0.0520. The van der Waals surface area contributed by atoms with Crippen LogP contribution in [0.4, 0.5) is 0 Å². The van der Waals surface area contributed by atoms with Crippen LogP contribution in [0.25, 0.3) is 22.4 Å². The van der Waals surface area contributed by atoms with Crippen molar-refractivity contribution in [2.45, 2.75) is 6.92 Å². The highest BCUT2D eigenvalue weighted by molar-refractivity contribution is 5.93. The smallest absolute Gasteiger partial charge is 0.354 e. The van der Waals surface area contributed by atoms with Gasteiger partial charge in [0.25, 0.3) is 0 Å². The molecule has 2 aromatic carbocycles. The molecule has 3 rings (SSSR count). The molecule has 0 bridgehead atoms. The zero-order valence-corrected chi connectivity index (χ0v) is 13.7. The normalized spacial score (nSPS) is 10.4. The standard InChI is InChI=1S/C20H19NO3/c1-3-24-20(22)18-13-17(14-7-5-4-6-8-14)19(21-18)15-9-11-16(23-2)12-10-15/h4-13,21H,3H2,1-2H3. The molecule has 122 valence electrons. The van der Waals surface area contributed by atoms with Gasteiger partial charge in [0, 0.05) is 5.56 Å². The molecule has 0 aliphatic carbocycles. The first kappa shape index (κ1) is 15.9. The van der Waals surface area contributed by atoms with Gasteiger partial charge in [0.05, 0.1) is 19.4 Å². The number of nitrogens with one attached hydrogen (secondary N) is 1. The fraction of sp³-hybridized carbons (Fsp3) is 0.150. The predicted molar refractivity (Wildman–Crippen MR) is 94.2 cm³/mol. The van der Waals surface area contributed by atoms with Crippen LogP contribution < -0.4 is 4.74 Å². The molecule has 0 unspecified atom stereocenters. The highest BCUT2D eigenvalue weighted by Gasteiger charge is 2.17. The van der Waals surface area contributed by atoms with Crippen molar-refractivity contribution in [2.24, 2.45) is 0 Å². The number of methoxy groups -OCH3 is 1. The number of ether oxygens (including phenoxy) is 2. The van der Waals surface area contributed by atoms with Crippen molar-refractivity contribution in [1.29, 1.82) is 0 Å². The average molecular weight is 321 g/mol. The maximum Gasteiger partial charge on any atom is 0.354 e. The number of aromatic nitrogens is 1. The van der Waals surface area contributed by atoms with Gasteiger partial charge in [0.15, 0.2) is 0 Å². The van der Waals surface area contributed by atoms with E-state index in [0.717, 1.165) is 28.1 Å². The lowest BCUT2D eigenvalue weighted by atomic mass is 10.0. The molecule has 1 aromatic heterocycles. The van der Waals surface area contributed by atoms with Gasteiger partial charge in [-0.2, -0.15) is 0 Å². The molecule has 0 fully saturated rings. The summed E-state index contributed by atoms with van der Waals surface area (Å²) in [6.45, 7) is 2.14. The molecule has 1 heterocycles. The molecule has 0 radical (unpaired) electrons. The van der Waals surface area contributed by atoms with Gasteiger partial charge in [-0.25, -0.2) is 4.79 Å². The van der Waals surface area contributed by atoms with E-state index >= 15 is 0 Å². The number of esters is 1. The molecule has 4 heteroatoms. The van der Waals surface area contributed by atoms with E-state index in [0.29, 0.717) is 12.3 Å². The van der Waals surface area contributed by atoms with Crippen LogP contribution in [0, 0.1) is 0 Å². The van der Waals surface area contributed by atoms with E-state index in [1.807, 2.05) is 60.7 Å². The summed E-state index contributed by atoms with van der Waals surface area (Å²) >= 11 is 0. The Morgan fingerprint density at radius 1 is 1.00 bits per heavy atom. The van der Waals surface area contributed by atoms with E-state index < -0.39 is 0 Å². The first-order chi connectivity index (χ1) is 11.7. The van der Waals surface area contributed by atoms with Crippen molar-refractivity contribution >= 4 is 5.97 Å². The molecule has 0 saturated carbocycles. The molecule has 0 atom stereocenters. The third-order valence-electron chi connectivity index (χ3n) is 3.78. The lowest BCUT2D eigenvalue weighted by Gasteiger charge is -2.06. The van der Waals surface area contributed by atoms with Gasteiger partial charge >= 0.3 is 5.97 Å². The quantitative estimate of drug-likeness (QED) is 0.702. The molecule has 1 N–H and O–H groups in total. The number of rotatable bonds is 5. The highest BCUT2D eigenvalue weighted by Crippen LogP contribution is 2.33. The van der Waals surface area contributed by atoms with Gasteiger partial charge in [-0.05, 0) is 48.4 Å². The maximum atomic E-state index is 12.1. The van der Waals surface area contributed by atoms with E-state index in [1.165, 1.54) is 0 Å². The second-order valence-corrected chi connectivity index (χ2v) is 5.29. The van der Waals surface area contributed by atoms with E-state index in [-0.39, 0.29) is 5.97 Å². The summed E-state index contributed by atoms with van der Waals surface area (Å²) < 4.78 is 10.3. The van der Waals surface area contributed by atoms with Crippen LogP contribution in [0.5, 0.6) is 5.75 Å².